The summed E-state index contributed by atoms with van der Waals surface area (Å²) < 4.78 is 4.99. The van der Waals surface area contributed by atoms with Crippen molar-refractivity contribution in [3.8, 4) is 0 Å². The predicted molar refractivity (Wildman–Crippen MR) is 68.8 cm³/mol. The zero-order valence-corrected chi connectivity index (χ0v) is 9.56. The van der Waals surface area contributed by atoms with E-state index < -0.39 is 0 Å². The van der Waals surface area contributed by atoms with Crippen molar-refractivity contribution in [3.05, 3.63) is 60.7 Å². The number of ether oxygens (including phenoxy) is 1. The Bertz CT molecular complexity index is 538. The average Bonchev–Trinajstić information content (AvgIpc) is 2.37. The minimum absolute atomic E-state index is 0.221. The molecule has 0 unspecified atom stereocenters. The zero-order valence-electron chi connectivity index (χ0n) is 9.56. The molecule has 0 amide bonds. The lowest BCUT2D eigenvalue weighted by atomic mass is 10.0. The van der Waals surface area contributed by atoms with E-state index in [1.807, 2.05) is 42.5 Å². The largest absolute Gasteiger partial charge is 0.461 e. The molecule has 0 bridgehead atoms. The summed E-state index contributed by atoms with van der Waals surface area (Å²) in [5.41, 5.74) is 0.997. The number of esters is 1. The van der Waals surface area contributed by atoms with Gasteiger partial charge < -0.3 is 4.74 Å². The number of hydrogen-bond donors (Lipinski definition) is 0. The lowest BCUT2D eigenvalue weighted by Gasteiger charge is -2.06. The molecule has 0 aliphatic heterocycles. The summed E-state index contributed by atoms with van der Waals surface area (Å²) in [4.78, 5) is 11.5. The normalized spacial score (nSPS) is 10.1. The van der Waals surface area contributed by atoms with Crippen LogP contribution in [0.4, 0.5) is 0 Å². The van der Waals surface area contributed by atoms with Crippen LogP contribution in [0.5, 0.6) is 0 Å². The third-order valence-corrected chi connectivity index (χ3v) is 2.58. The van der Waals surface area contributed by atoms with Gasteiger partial charge in [0.05, 0.1) is 6.42 Å². The Hall–Kier alpha value is -2.09. The van der Waals surface area contributed by atoms with Gasteiger partial charge in [-0.15, -0.1) is 0 Å². The molecule has 2 rings (SSSR count). The molecule has 0 saturated heterocycles. The van der Waals surface area contributed by atoms with Crippen LogP contribution in [-0.2, 0) is 16.0 Å². The number of carbonyl (C=O) groups is 1. The van der Waals surface area contributed by atoms with Gasteiger partial charge in [-0.25, -0.2) is 0 Å². The van der Waals surface area contributed by atoms with Gasteiger partial charge in [-0.05, 0) is 16.3 Å². The van der Waals surface area contributed by atoms with E-state index in [2.05, 4.69) is 6.58 Å². The first kappa shape index (κ1) is 11.4. The monoisotopic (exact) mass is 226 g/mol. The second-order valence-electron chi connectivity index (χ2n) is 3.79. The summed E-state index contributed by atoms with van der Waals surface area (Å²) in [5, 5.41) is 2.24. The van der Waals surface area contributed by atoms with Crippen molar-refractivity contribution in [1.82, 2.24) is 0 Å². The van der Waals surface area contributed by atoms with E-state index in [0.29, 0.717) is 6.42 Å². The van der Waals surface area contributed by atoms with E-state index in [9.17, 15) is 4.79 Å². The Morgan fingerprint density at radius 3 is 2.76 bits per heavy atom. The molecule has 0 aromatic heterocycles. The Labute approximate surface area is 101 Å². The Balaban J connectivity index is 2.23. The van der Waals surface area contributed by atoms with E-state index >= 15 is 0 Å². The first-order chi connectivity index (χ1) is 8.31. The molecule has 0 saturated carbocycles. The molecule has 2 nitrogen and oxygen atoms in total. The lowest BCUT2D eigenvalue weighted by molar-refractivity contribution is -0.141. The molecule has 2 aromatic rings. The highest BCUT2D eigenvalue weighted by Gasteiger charge is 2.06. The SMILES string of the molecule is C=CCOC(=O)Cc1cccc2ccccc12. The summed E-state index contributed by atoms with van der Waals surface area (Å²) in [6.45, 7) is 3.78. The quantitative estimate of drug-likeness (QED) is 0.591. The minimum Gasteiger partial charge on any atom is -0.461 e. The van der Waals surface area contributed by atoms with E-state index in [0.717, 1.165) is 16.3 Å². The average molecular weight is 226 g/mol. The highest BCUT2D eigenvalue weighted by molar-refractivity contribution is 5.88. The van der Waals surface area contributed by atoms with E-state index in [4.69, 9.17) is 4.74 Å². The number of rotatable bonds is 4. The maximum atomic E-state index is 11.5. The van der Waals surface area contributed by atoms with Gasteiger partial charge in [-0.2, -0.15) is 0 Å². The molecule has 0 spiro atoms. The first-order valence-electron chi connectivity index (χ1n) is 5.54. The molecule has 0 atom stereocenters. The molecular weight excluding hydrogens is 212 g/mol. The number of fused-ring (bicyclic) bond motifs is 1. The highest BCUT2D eigenvalue weighted by atomic mass is 16.5. The summed E-state index contributed by atoms with van der Waals surface area (Å²) in [7, 11) is 0. The van der Waals surface area contributed by atoms with Crippen molar-refractivity contribution < 1.29 is 9.53 Å². The van der Waals surface area contributed by atoms with Crippen LogP contribution in [-0.4, -0.2) is 12.6 Å². The molecule has 0 fully saturated rings. The van der Waals surface area contributed by atoms with Crippen LogP contribution in [0, 0.1) is 0 Å². The maximum absolute atomic E-state index is 11.5. The van der Waals surface area contributed by atoms with Crippen molar-refractivity contribution in [2.45, 2.75) is 6.42 Å². The van der Waals surface area contributed by atoms with Crippen LogP contribution in [0.15, 0.2) is 55.1 Å². The number of benzene rings is 2. The molecule has 0 radical (unpaired) electrons. The summed E-state index contributed by atoms with van der Waals surface area (Å²) >= 11 is 0. The van der Waals surface area contributed by atoms with Crippen LogP contribution < -0.4 is 0 Å². The van der Waals surface area contributed by atoms with Gasteiger partial charge in [0, 0.05) is 0 Å². The Kier molecular flexibility index (Phi) is 3.55. The fourth-order valence-corrected chi connectivity index (χ4v) is 1.81. The predicted octanol–water partition coefficient (Wildman–Crippen LogP) is 3.11. The topological polar surface area (TPSA) is 26.3 Å². The van der Waals surface area contributed by atoms with Crippen LogP contribution >= 0.6 is 0 Å². The fourth-order valence-electron chi connectivity index (χ4n) is 1.81. The maximum Gasteiger partial charge on any atom is 0.310 e. The Morgan fingerprint density at radius 2 is 1.94 bits per heavy atom. The van der Waals surface area contributed by atoms with Gasteiger partial charge in [-0.3, -0.25) is 4.79 Å². The van der Waals surface area contributed by atoms with Crippen molar-refractivity contribution in [1.29, 1.82) is 0 Å². The van der Waals surface area contributed by atoms with E-state index in [-0.39, 0.29) is 12.6 Å². The Morgan fingerprint density at radius 1 is 1.18 bits per heavy atom. The van der Waals surface area contributed by atoms with Gasteiger partial charge in [0.15, 0.2) is 0 Å². The van der Waals surface area contributed by atoms with Crippen molar-refractivity contribution >= 4 is 16.7 Å². The van der Waals surface area contributed by atoms with Crippen molar-refractivity contribution in [2.75, 3.05) is 6.61 Å². The van der Waals surface area contributed by atoms with E-state index in [1.165, 1.54) is 0 Å². The van der Waals surface area contributed by atoms with Crippen LogP contribution in [0.2, 0.25) is 0 Å². The van der Waals surface area contributed by atoms with E-state index in [1.54, 1.807) is 6.08 Å². The first-order valence-corrected chi connectivity index (χ1v) is 5.54. The van der Waals surface area contributed by atoms with Crippen molar-refractivity contribution in [3.63, 3.8) is 0 Å². The summed E-state index contributed by atoms with van der Waals surface area (Å²) in [6.07, 6.45) is 1.87. The lowest BCUT2D eigenvalue weighted by Crippen LogP contribution is -2.08. The fraction of sp³-hybridized carbons (Fsp3) is 0.133. The van der Waals surface area contributed by atoms with Crippen LogP contribution in [0.1, 0.15) is 5.56 Å². The second kappa shape index (κ2) is 5.30. The van der Waals surface area contributed by atoms with Gasteiger partial charge >= 0.3 is 5.97 Å². The van der Waals surface area contributed by atoms with Crippen LogP contribution in [0.3, 0.4) is 0 Å². The molecule has 0 aliphatic rings. The molecule has 17 heavy (non-hydrogen) atoms. The smallest absolute Gasteiger partial charge is 0.310 e. The molecule has 2 aromatic carbocycles. The summed E-state index contributed by atoms with van der Waals surface area (Å²) in [6, 6.07) is 14.0. The third kappa shape index (κ3) is 2.72. The molecular formula is C15H14O2. The highest BCUT2D eigenvalue weighted by Crippen LogP contribution is 2.19. The van der Waals surface area contributed by atoms with Gasteiger partial charge in [0.25, 0.3) is 0 Å². The van der Waals surface area contributed by atoms with Crippen molar-refractivity contribution in [2.24, 2.45) is 0 Å². The minimum atomic E-state index is -0.221. The summed E-state index contributed by atoms with van der Waals surface area (Å²) in [5.74, 6) is -0.221. The van der Waals surface area contributed by atoms with Gasteiger partial charge in [0.2, 0.25) is 0 Å². The second-order valence-corrected chi connectivity index (χ2v) is 3.79. The third-order valence-electron chi connectivity index (χ3n) is 2.58. The molecule has 86 valence electrons. The van der Waals surface area contributed by atoms with Gasteiger partial charge in [-0.1, -0.05) is 55.1 Å². The molecule has 0 N–H and O–H groups in total. The zero-order chi connectivity index (χ0) is 12.1. The molecule has 2 heteroatoms. The van der Waals surface area contributed by atoms with Crippen LogP contribution in [0.25, 0.3) is 10.8 Å². The van der Waals surface area contributed by atoms with Gasteiger partial charge in [0.1, 0.15) is 6.61 Å². The number of hydrogen-bond acceptors (Lipinski definition) is 2. The molecule has 0 aliphatic carbocycles. The number of carbonyl (C=O) groups excluding carboxylic acids is 1. The standard InChI is InChI=1S/C15H14O2/c1-2-10-17-15(16)11-13-8-5-7-12-6-3-4-9-14(12)13/h2-9H,1,10-11H2. The molecule has 0 heterocycles.